The summed E-state index contributed by atoms with van der Waals surface area (Å²) >= 11 is 12.2. The minimum absolute atomic E-state index is 0.135. The van der Waals surface area contributed by atoms with E-state index in [-0.39, 0.29) is 23.4 Å². The van der Waals surface area contributed by atoms with Crippen LogP contribution in [0.1, 0.15) is 189 Å². The van der Waals surface area contributed by atoms with Crippen LogP contribution < -0.4 is 0 Å². The molecule has 0 aromatic rings. The zero-order chi connectivity index (χ0) is 50.7. The molecule has 0 rings (SSSR count). The highest BCUT2D eigenvalue weighted by atomic mass is 33.1. The van der Waals surface area contributed by atoms with Crippen molar-refractivity contribution < 1.29 is 37.9 Å². The third kappa shape index (κ3) is 21.7. The lowest BCUT2D eigenvalue weighted by Crippen LogP contribution is -2.75. The summed E-state index contributed by atoms with van der Waals surface area (Å²) in [7, 11) is 5.25. The molecule has 8 nitrogen and oxygen atoms in total. The van der Waals surface area contributed by atoms with Gasteiger partial charge in [0.2, 0.25) is 5.12 Å². The molecule has 0 aromatic carbocycles. The molecule has 0 aromatic heterocycles. The Kier molecular flexibility index (Phi) is 36.2. The molecule has 0 N–H and O–H groups in total. The van der Waals surface area contributed by atoms with Gasteiger partial charge in [-0.3, -0.25) is 0 Å². The van der Waals surface area contributed by atoms with Crippen LogP contribution in [0.25, 0.3) is 0 Å². The minimum atomic E-state index is -1.59. The molecule has 0 radical (unpaired) electrons. The summed E-state index contributed by atoms with van der Waals surface area (Å²) in [6.07, 6.45) is 9.47. The van der Waals surface area contributed by atoms with Gasteiger partial charge >= 0.3 is 5.97 Å². The predicted molar refractivity (Wildman–Crippen MR) is 307 cm³/mol. The lowest BCUT2D eigenvalue weighted by molar-refractivity contribution is -0.429. The van der Waals surface area contributed by atoms with Crippen molar-refractivity contribution in [1.29, 1.82) is 0 Å². The molecule has 0 spiro atoms. The van der Waals surface area contributed by atoms with Crippen LogP contribution in [0.4, 0.5) is 0 Å². The molecule has 0 amide bonds. The molecule has 0 fully saturated rings. The van der Waals surface area contributed by atoms with Gasteiger partial charge in [0.15, 0.2) is 4.75 Å². The maximum atomic E-state index is 7.86. The highest BCUT2D eigenvalue weighted by Crippen LogP contribution is 2.78. The van der Waals surface area contributed by atoms with E-state index in [9.17, 15) is 0 Å². The number of thioether (sulfide) groups is 6. The first-order valence-electron chi connectivity index (χ1n) is 25.3. The Morgan fingerprint density at radius 1 is 0.591 bits per heavy atom. The lowest BCUT2D eigenvalue weighted by Gasteiger charge is -2.64. The van der Waals surface area contributed by atoms with Crippen LogP contribution in [0.2, 0.25) is 0 Å². The molecule has 0 aliphatic rings. The molecular weight excluding hydrogens is 985 g/mol. The van der Waals surface area contributed by atoms with E-state index in [2.05, 4.69) is 159 Å². The SMILES string of the molecule is CCCCOC(CCC(OC)(OCC)SSC(C(OCC(C)C)(OC(C)CC)OC(C)(C)C)(C(SC)(SCC)SCCC)C(SCCCC)(SCC(C)C)SC(C)C)(OCCC)OC(C)C. The van der Waals surface area contributed by atoms with Crippen LogP contribution in [-0.2, 0) is 37.9 Å². The highest BCUT2D eigenvalue weighted by Gasteiger charge is 2.79. The smallest absolute Gasteiger partial charge is 0.306 e. The average molecular weight is 1090 g/mol. The van der Waals surface area contributed by atoms with E-state index in [0.29, 0.717) is 45.2 Å². The van der Waals surface area contributed by atoms with Crippen molar-refractivity contribution in [2.24, 2.45) is 11.8 Å². The van der Waals surface area contributed by atoms with Gasteiger partial charge in [-0.25, -0.2) is 0 Å². The summed E-state index contributed by atoms with van der Waals surface area (Å²) in [5, 5.41) is -0.931. The number of hydrogen-bond acceptors (Lipinski definition) is 16. The molecule has 0 bridgehead atoms. The quantitative estimate of drug-likeness (QED) is 0.0330. The highest BCUT2D eigenvalue weighted by molar-refractivity contribution is 8.78. The summed E-state index contributed by atoms with van der Waals surface area (Å²) in [6, 6.07) is 0. The normalized spacial score (nSPS) is 18.9. The van der Waals surface area contributed by atoms with Crippen molar-refractivity contribution in [1.82, 2.24) is 0 Å². The standard InChI is InChI=1S/C50H102O8S8/c1-22-29-34-54-45(53-33-24-3,56-41(12)13)31-32-46(51-20,52-27-6)65-66-47(49(59-21,60-28-7)61-35-25-4,50(64-42(14)15,62-36-30-23-2)63-38-40(10)11)48(55-37-39(8)9,57-43(16)26-5)58-44(17,18)19/h39-43H,22-38H2,1-21H3. The monoisotopic (exact) mass is 1090 g/mol. The maximum Gasteiger partial charge on any atom is 0.306 e. The molecule has 0 saturated carbocycles. The predicted octanol–water partition coefficient (Wildman–Crippen LogP) is 17.1. The lowest BCUT2D eigenvalue weighted by atomic mass is 10.1. The molecule has 0 heterocycles. The summed E-state index contributed by atoms with van der Waals surface area (Å²) in [5.74, 6) is 1.47. The van der Waals surface area contributed by atoms with Crippen LogP contribution >= 0.6 is 92.2 Å². The zero-order valence-electron chi connectivity index (χ0n) is 45.9. The van der Waals surface area contributed by atoms with Gasteiger partial charge in [0, 0.05) is 31.8 Å². The van der Waals surface area contributed by atoms with E-state index < -0.39 is 34.2 Å². The van der Waals surface area contributed by atoms with Crippen molar-refractivity contribution in [2.75, 3.05) is 62.8 Å². The van der Waals surface area contributed by atoms with Gasteiger partial charge < -0.3 is 37.9 Å². The molecule has 66 heavy (non-hydrogen) atoms. The van der Waals surface area contributed by atoms with E-state index in [4.69, 9.17) is 37.9 Å². The van der Waals surface area contributed by atoms with Crippen molar-refractivity contribution >= 4 is 92.2 Å². The number of methoxy groups -OCH3 is 1. The maximum absolute atomic E-state index is 7.86. The summed E-state index contributed by atoms with van der Waals surface area (Å²) in [5.41, 5.74) is -0.680. The second-order valence-electron chi connectivity index (χ2n) is 19.1. The van der Waals surface area contributed by atoms with Gasteiger partial charge in [0.1, 0.15) is 6.82 Å². The molecular formula is C50H102O8S8. The average Bonchev–Trinajstić information content (AvgIpc) is 3.24. The Morgan fingerprint density at radius 2 is 1.23 bits per heavy atom. The molecule has 0 aliphatic carbocycles. The molecule has 7 atom stereocenters. The first-order chi connectivity index (χ1) is 31.0. The van der Waals surface area contributed by atoms with Crippen molar-refractivity contribution in [3.05, 3.63) is 0 Å². The second kappa shape index (κ2) is 34.9. The Balaban J connectivity index is 9.55. The molecule has 7 unspecified atom stereocenters. The number of unbranched alkanes of at least 4 members (excludes halogenated alkanes) is 2. The van der Waals surface area contributed by atoms with Crippen LogP contribution in [-0.4, -0.2) is 114 Å². The number of hydrogen-bond donors (Lipinski definition) is 0. The third-order valence-electron chi connectivity index (χ3n) is 9.63. The van der Waals surface area contributed by atoms with Crippen LogP contribution in [0.3, 0.4) is 0 Å². The Labute approximate surface area is 442 Å². The summed E-state index contributed by atoms with van der Waals surface area (Å²) in [4.78, 5) is 0. The van der Waals surface area contributed by atoms with Gasteiger partial charge in [0.25, 0.3) is 5.97 Å². The van der Waals surface area contributed by atoms with Crippen molar-refractivity contribution in [3.63, 3.8) is 0 Å². The van der Waals surface area contributed by atoms with E-state index in [1.807, 2.05) is 59.9 Å². The molecule has 0 aliphatic heterocycles. The van der Waals surface area contributed by atoms with E-state index in [1.165, 1.54) is 0 Å². The van der Waals surface area contributed by atoms with Gasteiger partial charge in [-0.05, 0) is 132 Å². The minimum Gasteiger partial charge on any atom is -0.344 e. The topological polar surface area (TPSA) is 73.8 Å². The van der Waals surface area contributed by atoms with Crippen LogP contribution in [0.5, 0.6) is 0 Å². The Morgan fingerprint density at radius 3 is 1.70 bits per heavy atom. The van der Waals surface area contributed by atoms with Gasteiger partial charge in [0.05, 0.1) is 37.6 Å². The third-order valence-corrected chi connectivity index (χ3v) is 25.4. The van der Waals surface area contributed by atoms with Crippen LogP contribution in [0.15, 0.2) is 0 Å². The first-order valence-corrected chi connectivity index (χ1v) is 33.5. The van der Waals surface area contributed by atoms with Gasteiger partial charge in [-0.1, -0.05) is 107 Å². The Hall–Kier alpha value is 2.48. The Bertz CT molecular complexity index is 1220. The van der Waals surface area contributed by atoms with Gasteiger partial charge in [-0.15, -0.1) is 70.6 Å². The largest absolute Gasteiger partial charge is 0.344 e. The summed E-state index contributed by atoms with van der Waals surface area (Å²) < 4.78 is 54.9. The van der Waals surface area contributed by atoms with Crippen molar-refractivity contribution in [2.45, 2.75) is 241 Å². The molecule has 16 heteroatoms. The van der Waals surface area contributed by atoms with E-state index >= 15 is 0 Å². The van der Waals surface area contributed by atoms with Crippen LogP contribution in [0, 0.1) is 11.8 Å². The number of rotatable bonds is 43. The van der Waals surface area contributed by atoms with Gasteiger partial charge in [-0.2, -0.15) is 0 Å². The van der Waals surface area contributed by atoms with E-state index in [1.54, 1.807) is 17.9 Å². The second-order valence-corrected chi connectivity index (χ2v) is 31.3. The van der Waals surface area contributed by atoms with E-state index in [0.717, 1.165) is 68.0 Å². The fourth-order valence-corrected chi connectivity index (χ4v) is 24.6. The zero-order valence-corrected chi connectivity index (χ0v) is 52.5. The molecule has 398 valence electrons. The number of ether oxygens (including phenoxy) is 8. The fourth-order valence-electron chi connectivity index (χ4n) is 6.64. The fraction of sp³-hybridized carbons (Fsp3) is 1.00. The van der Waals surface area contributed by atoms with Crippen molar-refractivity contribution in [3.8, 4) is 0 Å². The molecule has 0 saturated heterocycles. The summed E-state index contributed by atoms with van der Waals surface area (Å²) in [6.45, 7) is 43.9. The first kappa shape index (κ1) is 68.5.